The van der Waals surface area contributed by atoms with Crippen molar-refractivity contribution in [1.82, 2.24) is 4.98 Å². The third kappa shape index (κ3) is 1.85. The van der Waals surface area contributed by atoms with Crippen LogP contribution in [0.4, 0.5) is 0 Å². The minimum atomic E-state index is -0.588. The van der Waals surface area contributed by atoms with Gasteiger partial charge in [0.1, 0.15) is 6.10 Å². The van der Waals surface area contributed by atoms with Gasteiger partial charge in [0.2, 0.25) is 0 Å². The van der Waals surface area contributed by atoms with Gasteiger partial charge in [0.05, 0.1) is 5.69 Å². The number of aryl methyl sites for hydroxylation is 1. The van der Waals surface area contributed by atoms with E-state index in [4.69, 9.17) is 0 Å². The molecule has 1 aliphatic rings. The van der Waals surface area contributed by atoms with Gasteiger partial charge in [-0.1, -0.05) is 12.7 Å². The molecule has 1 aromatic heterocycles. The number of aliphatic hydroxyl groups excluding tert-OH is 1. The molecule has 0 saturated carbocycles. The Morgan fingerprint density at radius 3 is 3.07 bits per heavy atom. The smallest absolute Gasteiger partial charge is 0.115 e. The Morgan fingerprint density at radius 2 is 2.33 bits per heavy atom. The molecule has 0 amide bonds. The number of allylic oxidation sites excluding steroid dienone is 2. The van der Waals surface area contributed by atoms with Crippen molar-refractivity contribution in [3.8, 4) is 0 Å². The Balaban J connectivity index is 2.48. The molecule has 15 heavy (non-hydrogen) atoms. The standard InChI is InChI=1S/C13H15NO/c1-3-10-4-5-11-9(2)6-7-14-13(11)12(15)8-10/h3,6-8,12,15H,1,4-5H2,2H3. The van der Waals surface area contributed by atoms with E-state index in [1.165, 1.54) is 11.1 Å². The molecule has 1 aliphatic carbocycles. The molecule has 0 radical (unpaired) electrons. The van der Waals surface area contributed by atoms with Crippen LogP contribution in [0.3, 0.4) is 0 Å². The van der Waals surface area contributed by atoms with E-state index in [9.17, 15) is 5.11 Å². The molecular weight excluding hydrogens is 186 g/mol. The van der Waals surface area contributed by atoms with Crippen LogP contribution < -0.4 is 0 Å². The first-order valence-electron chi connectivity index (χ1n) is 5.18. The molecule has 0 spiro atoms. The van der Waals surface area contributed by atoms with Crippen molar-refractivity contribution < 1.29 is 5.11 Å². The normalized spacial score (nSPS) is 20.1. The summed E-state index contributed by atoms with van der Waals surface area (Å²) in [5, 5.41) is 9.98. The number of hydrogen-bond acceptors (Lipinski definition) is 2. The number of aliphatic hydroxyl groups is 1. The van der Waals surface area contributed by atoms with Crippen molar-refractivity contribution in [1.29, 1.82) is 0 Å². The fourth-order valence-electron chi connectivity index (χ4n) is 1.99. The lowest BCUT2D eigenvalue weighted by Crippen LogP contribution is -2.02. The molecule has 2 nitrogen and oxygen atoms in total. The Kier molecular flexibility index (Phi) is 2.69. The van der Waals surface area contributed by atoms with E-state index < -0.39 is 6.10 Å². The van der Waals surface area contributed by atoms with E-state index in [1.54, 1.807) is 6.20 Å². The Labute approximate surface area is 90.0 Å². The summed E-state index contributed by atoms with van der Waals surface area (Å²) in [7, 11) is 0. The van der Waals surface area contributed by atoms with Gasteiger partial charge in [-0.05, 0) is 48.6 Å². The molecule has 2 rings (SSSR count). The summed E-state index contributed by atoms with van der Waals surface area (Å²) >= 11 is 0. The number of pyridine rings is 1. The molecule has 1 N–H and O–H groups in total. The molecule has 1 unspecified atom stereocenters. The molecule has 1 aromatic rings. The molecule has 0 bridgehead atoms. The second kappa shape index (κ2) is 3.99. The van der Waals surface area contributed by atoms with Crippen molar-refractivity contribution in [3.05, 3.63) is 53.4 Å². The van der Waals surface area contributed by atoms with E-state index in [1.807, 2.05) is 18.2 Å². The summed E-state index contributed by atoms with van der Waals surface area (Å²) in [5.41, 5.74) is 4.28. The highest BCUT2D eigenvalue weighted by Crippen LogP contribution is 2.27. The second-order valence-electron chi connectivity index (χ2n) is 3.88. The third-order valence-corrected chi connectivity index (χ3v) is 2.90. The largest absolute Gasteiger partial charge is 0.383 e. The molecule has 2 heteroatoms. The van der Waals surface area contributed by atoms with Crippen LogP contribution in [0.25, 0.3) is 0 Å². The molecule has 0 fully saturated rings. The third-order valence-electron chi connectivity index (χ3n) is 2.90. The summed E-state index contributed by atoms with van der Waals surface area (Å²) in [6.45, 7) is 5.81. The first-order chi connectivity index (χ1) is 7.22. The van der Waals surface area contributed by atoms with Crippen LogP contribution in [0, 0.1) is 6.92 Å². The predicted molar refractivity (Wildman–Crippen MR) is 60.5 cm³/mol. The molecule has 0 aromatic carbocycles. The zero-order valence-corrected chi connectivity index (χ0v) is 8.90. The fraction of sp³-hybridized carbons (Fsp3) is 0.308. The highest BCUT2D eigenvalue weighted by Gasteiger charge is 2.17. The maximum Gasteiger partial charge on any atom is 0.115 e. The van der Waals surface area contributed by atoms with E-state index in [2.05, 4.69) is 18.5 Å². The van der Waals surface area contributed by atoms with Crippen molar-refractivity contribution in [3.63, 3.8) is 0 Å². The summed E-state index contributed by atoms with van der Waals surface area (Å²) < 4.78 is 0. The lowest BCUT2D eigenvalue weighted by Gasteiger charge is -2.10. The first-order valence-corrected chi connectivity index (χ1v) is 5.18. The quantitative estimate of drug-likeness (QED) is 0.757. The van der Waals surface area contributed by atoms with Crippen molar-refractivity contribution in [2.45, 2.75) is 25.9 Å². The van der Waals surface area contributed by atoms with Gasteiger partial charge in [0.15, 0.2) is 0 Å². The summed E-state index contributed by atoms with van der Waals surface area (Å²) in [6, 6.07) is 1.99. The van der Waals surface area contributed by atoms with Gasteiger partial charge < -0.3 is 5.11 Å². The van der Waals surface area contributed by atoms with Crippen LogP contribution in [0.5, 0.6) is 0 Å². The highest BCUT2D eigenvalue weighted by molar-refractivity contribution is 5.37. The van der Waals surface area contributed by atoms with Crippen LogP contribution in [0.1, 0.15) is 29.3 Å². The van der Waals surface area contributed by atoms with Gasteiger partial charge in [0, 0.05) is 6.20 Å². The highest BCUT2D eigenvalue weighted by atomic mass is 16.3. The van der Waals surface area contributed by atoms with Crippen molar-refractivity contribution >= 4 is 0 Å². The molecule has 78 valence electrons. The van der Waals surface area contributed by atoms with E-state index in [-0.39, 0.29) is 0 Å². The van der Waals surface area contributed by atoms with Crippen LogP contribution in [-0.2, 0) is 6.42 Å². The zero-order valence-electron chi connectivity index (χ0n) is 8.90. The average Bonchev–Trinajstić information content (AvgIpc) is 2.40. The summed E-state index contributed by atoms with van der Waals surface area (Å²) in [6.07, 6.45) is 6.68. The fourth-order valence-corrected chi connectivity index (χ4v) is 1.99. The number of aromatic nitrogens is 1. The van der Waals surface area contributed by atoms with E-state index in [0.717, 1.165) is 24.1 Å². The summed E-state index contributed by atoms with van der Waals surface area (Å²) in [5.74, 6) is 0. The predicted octanol–water partition coefficient (Wildman–Crippen LogP) is 2.48. The molecule has 1 atom stereocenters. The minimum absolute atomic E-state index is 0.588. The first kappa shape index (κ1) is 10.1. The van der Waals surface area contributed by atoms with Gasteiger partial charge in [-0.3, -0.25) is 4.98 Å². The van der Waals surface area contributed by atoms with Crippen LogP contribution in [0.15, 0.2) is 36.6 Å². The number of nitrogens with zero attached hydrogens (tertiary/aromatic N) is 1. The lowest BCUT2D eigenvalue weighted by atomic mass is 10.0. The van der Waals surface area contributed by atoms with Gasteiger partial charge in [-0.2, -0.15) is 0 Å². The Bertz CT molecular complexity index is 421. The number of rotatable bonds is 1. The zero-order chi connectivity index (χ0) is 10.8. The van der Waals surface area contributed by atoms with Crippen molar-refractivity contribution in [2.75, 3.05) is 0 Å². The molecular formula is C13H15NO. The number of hydrogen-bond donors (Lipinski definition) is 1. The van der Waals surface area contributed by atoms with Gasteiger partial charge in [0.25, 0.3) is 0 Å². The molecule has 1 heterocycles. The lowest BCUT2D eigenvalue weighted by molar-refractivity contribution is 0.222. The topological polar surface area (TPSA) is 33.1 Å². The minimum Gasteiger partial charge on any atom is -0.383 e. The van der Waals surface area contributed by atoms with E-state index in [0.29, 0.717) is 0 Å². The maximum absolute atomic E-state index is 9.98. The van der Waals surface area contributed by atoms with Crippen molar-refractivity contribution in [2.24, 2.45) is 0 Å². The van der Waals surface area contributed by atoms with Crippen LogP contribution in [-0.4, -0.2) is 10.1 Å². The van der Waals surface area contributed by atoms with E-state index >= 15 is 0 Å². The van der Waals surface area contributed by atoms with Gasteiger partial charge in [-0.25, -0.2) is 0 Å². The number of fused-ring (bicyclic) bond motifs is 1. The Morgan fingerprint density at radius 1 is 1.53 bits per heavy atom. The van der Waals surface area contributed by atoms with Crippen LogP contribution in [0.2, 0.25) is 0 Å². The molecule has 0 aliphatic heterocycles. The van der Waals surface area contributed by atoms with Crippen LogP contribution >= 0.6 is 0 Å². The average molecular weight is 201 g/mol. The SMILES string of the molecule is C=CC1=CC(O)c2nccc(C)c2CC1. The van der Waals surface area contributed by atoms with Gasteiger partial charge in [-0.15, -0.1) is 0 Å². The Hall–Kier alpha value is -1.41. The van der Waals surface area contributed by atoms with Gasteiger partial charge >= 0.3 is 0 Å². The second-order valence-corrected chi connectivity index (χ2v) is 3.88. The monoisotopic (exact) mass is 201 g/mol. The maximum atomic E-state index is 9.98. The molecule has 0 saturated heterocycles. The summed E-state index contributed by atoms with van der Waals surface area (Å²) in [4.78, 5) is 4.26.